The Labute approximate surface area is 127 Å². The van der Waals surface area contributed by atoms with Gasteiger partial charge in [0.2, 0.25) is 0 Å². The summed E-state index contributed by atoms with van der Waals surface area (Å²) < 4.78 is 1.52. The van der Waals surface area contributed by atoms with Crippen molar-refractivity contribution in [1.82, 2.24) is 19.9 Å². The average Bonchev–Trinajstić information content (AvgIpc) is 3.20. The average molecular weight is 300 g/mol. The largest absolute Gasteiger partial charge is 0.480 e. The van der Waals surface area contributed by atoms with Gasteiger partial charge in [-0.05, 0) is 37.5 Å². The molecule has 1 aliphatic carbocycles. The molecule has 0 saturated heterocycles. The van der Waals surface area contributed by atoms with Crippen LogP contribution in [0.15, 0.2) is 30.5 Å². The zero-order valence-corrected chi connectivity index (χ0v) is 12.1. The van der Waals surface area contributed by atoms with Crippen molar-refractivity contribution in [2.75, 3.05) is 6.54 Å². The summed E-state index contributed by atoms with van der Waals surface area (Å²) in [5.74, 6) is -1.41. The third-order valence-electron chi connectivity index (χ3n) is 3.53. The quantitative estimate of drug-likeness (QED) is 0.898. The number of nitrogens with zero attached hydrogens (tertiary/aromatic N) is 4. The van der Waals surface area contributed by atoms with E-state index < -0.39 is 5.97 Å². The lowest BCUT2D eigenvalue weighted by atomic mass is 10.2. The molecular formula is C15H16N4O3. The van der Waals surface area contributed by atoms with Crippen molar-refractivity contribution in [3.8, 4) is 5.69 Å². The van der Waals surface area contributed by atoms with Crippen LogP contribution in [0.25, 0.3) is 5.69 Å². The fourth-order valence-corrected chi connectivity index (χ4v) is 2.30. The fraction of sp³-hybridized carbons (Fsp3) is 0.333. The summed E-state index contributed by atoms with van der Waals surface area (Å²) >= 11 is 0. The zero-order valence-electron chi connectivity index (χ0n) is 12.1. The molecule has 1 aromatic carbocycles. The van der Waals surface area contributed by atoms with Gasteiger partial charge in [0.25, 0.3) is 5.91 Å². The summed E-state index contributed by atoms with van der Waals surface area (Å²) in [5.41, 5.74) is 2.05. The molecule has 1 aromatic heterocycles. The maximum absolute atomic E-state index is 12.4. The van der Waals surface area contributed by atoms with Crippen molar-refractivity contribution in [1.29, 1.82) is 0 Å². The highest BCUT2D eigenvalue weighted by Gasteiger charge is 2.35. The topological polar surface area (TPSA) is 88.3 Å². The van der Waals surface area contributed by atoms with Crippen LogP contribution in [-0.4, -0.2) is 49.5 Å². The monoisotopic (exact) mass is 300 g/mol. The van der Waals surface area contributed by atoms with Crippen molar-refractivity contribution in [3.05, 3.63) is 41.7 Å². The Morgan fingerprint density at radius 2 is 2.18 bits per heavy atom. The summed E-state index contributed by atoms with van der Waals surface area (Å²) in [6.45, 7) is 1.66. The van der Waals surface area contributed by atoms with Crippen LogP contribution in [-0.2, 0) is 4.79 Å². The Hall–Kier alpha value is -2.70. The van der Waals surface area contributed by atoms with Crippen LogP contribution in [0.2, 0.25) is 0 Å². The van der Waals surface area contributed by atoms with Crippen LogP contribution in [0.3, 0.4) is 0 Å². The molecule has 22 heavy (non-hydrogen) atoms. The minimum Gasteiger partial charge on any atom is -0.480 e. The van der Waals surface area contributed by atoms with Gasteiger partial charge >= 0.3 is 5.97 Å². The molecule has 1 amide bonds. The molecule has 0 radical (unpaired) electrons. The molecule has 0 bridgehead atoms. The number of amides is 1. The van der Waals surface area contributed by atoms with Gasteiger partial charge in [-0.2, -0.15) is 0 Å². The summed E-state index contributed by atoms with van der Waals surface area (Å²) in [6, 6.07) is 7.67. The molecule has 0 atom stereocenters. The van der Waals surface area contributed by atoms with Gasteiger partial charge in [0.15, 0.2) is 5.69 Å². The van der Waals surface area contributed by atoms with Gasteiger partial charge in [-0.15, -0.1) is 5.10 Å². The molecule has 1 fully saturated rings. The van der Waals surface area contributed by atoms with E-state index in [4.69, 9.17) is 5.11 Å². The predicted octanol–water partition coefficient (Wildman–Crippen LogP) is 1.26. The second-order valence-corrected chi connectivity index (χ2v) is 5.45. The zero-order chi connectivity index (χ0) is 15.7. The number of hydrogen-bond donors (Lipinski definition) is 1. The first kappa shape index (κ1) is 14.2. The molecule has 3 rings (SSSR count). The maximum atomic E-state index is 12.4. The minimum atomic E-state index is -1.02. The van der Waals surface area contributed by atoms with E-state index in [-0.39, 0.29) is 24.2 Å². The Morgan fingerprint density at radius 3 is 2.82 bits per heavy atom. The number of hydrogen-bond acceptors (Lipinski definition) is 4. The molecule has 0 spiro atoms. The summed E-state index contributed by atoms with van der Waals surface area (Å²) in [5, 5.41) is 16.8. The first-order valence-corrected chi connectivity index (χ1v) is 7.07. The van der Waals surface area contributed by atoms with Crippen molar-refractivity contribution in [2.24, 2.45) is 0 Å². The van der Waals surface area contributed by atoms with E-state index in [9.17, 15) is 9.59 Å². The third kappa shape index (κ3) is 2.98. The smallest absolute Gasteiger partial charge is 0.323 e. The van der Waals surface area contributed by atoms with Crippen molar-refractivity contribution >= 4 is 11.9 Å². The van der Waals surface area contributed by atoms with Gasteiger partial charge in [-0.3, -0.25) is 9.59 Å². The SMILES string of the molecule is Cc1cccc(-n2cc(C(=O)N(CC(=O)O)C3CC3)nn2)c1. The minimum absolute atomic E-state index is 0.00715. The van der Waals surface area contributed by atoms with E-state index in [0.717, 1.165) is 24.1 Å². The molecule has 114 valence electrons. The number of carbonyl (C=O) groups excluding carboxylic acids is 1. The van der Waals surface area contributed by atoms with E-state index >= 15 is 0 Å². The molecule has 1 heterocycles. The van der Waals surface area contributed by atoms with Gasteiger partial charge in [0.05, 0.1) is 11.9 Å². The fourth-order valence-electron chi connectivity index (χ4n) is 2.30. The van der Waals surface area contributed by atoms with Gasteiger partial charge in [-0.25, -0.2) is 4.68 Å². The highest BCUT2D eigenvalue weighted by atomic mass is 16.4. The molecule has 0 unspecified atom stereocenters. The van der Waals surface area contributed by atoms with E-state index in [1.165, 1.54) is 15.8 Å². The number of aliphatic carboxylic acids is 1. The van der Waals surface area contributed by atoms with Crippen LogP contribution in [0.5, 0.6) is 0 Å². The molecule has 1 N–H and O–H groups in total. The Kier molecular flexibility index (Phi) is 3.62. The summed E-state index contributed by atoms with van der Waals surface area (Å²) in [7, 11) is 0. The third-order valence-corrected chi connectivity index (χ3v) is 3.53. The Bertz CT molecular complexity index is 721. The molecular weight excluding hydrogens is 284 g/mol. The highest BCUT2D eigenvalue weighted by molar-refractivity contribution is 5.94. The number of aromatic nitrogens is 3. The van der Waals surface area contributed by atoms with Crippen LogP contribution < -0.4 is 0 Å². The summed E-state index contributed by atoms with van der Waals surface area (Å²) in [4.78, 5) is 24.7. The number of benzene rings is 1. The molecule has 1 saturated carbocycles. The normalized spacial score (nSPS) is 13.9. The van der Waals surface area contributed by atoms with Crippen molar-refractivity contribution in [3.63, 3.8) is 0 Å². The van der Waals surface area contributed by atoms with E-state index in [1.54, 1.807) is 0 Å². The lowest BCUT2D eigenvalue weighted by Crippen LogP contribution is -2.37. The van der Waals surface area contributed by atoms with E-state index in [2.05, 4.69) is 10.3 Å². The second-order valence-electron chi connectivity index (χ2n) is 5.45. The van der Waals surface area contributed by atoms with Crippen LogP contribution in [0, 0.1) is 6.92 Å². The van der Waals surface area contributed by atoms with Crippen molar-refractivity contribution in [2.45, 2.75) is 25.8 Å². The van der Waals surface area contributed by atoms with Crippen LogP contribution in [0.4, 0.5) is 0 Å². The highest BCUT2D eigenvalue weighted by Crippen LogP contribution is 2.27. The first-order valence-electron chi connectivity index (χ1n) is 7.07. The van der Waals surface area contributed by atoms with Gasteiger partial charge < -0.3 is 10.0 Å². The van der Waals surface area contributed by atoms with Gasteiger partial charge in [0.1, 0.15) is 6.54 Å². The number of aryl methyl sites for hydroxylation is 1. The van der Waals surface area contributed by atoms with Gasteiger partial charge in [-0.1, -0.05) is 17.3 Å². The molecule has 7 nitrogen and oxygen atoms in total. The van der Waals surface area contributed by atoms with Crippen LogP contribution in [0.1, 0.15) is 28.9 Å². The number of carbonyl (C=O) groups is 2. The summed E-state index contributed by atoms with van der Waals surface area (Å²) in [6.07, 6.45) is 3.21. The van der Waals surface area contributed by atoms with Gasteiger partial charge in [0, 0.05) is 6.04 Å². The van der Waals surface area contributed by atoms with Crippen LogP contribution >= 0.6 is 0 Å². The lowest BCUT2D eigenvalue weighted by molar-refractivity contribution is -0.137. The van der Waals surface area contributed by atoms with E-state index in [0.29, 0.717) is 0 Å². The maximum Gasteiger partial charge on any atom is 0.323 e. The second kappa shape index (κ2) is 5.59. The molecule has 2 aromatic rings. The number of carboxylic acids is 1. The molecule has 0 aliphatic heterocycles. The molecule has 1 aliphatic rings. The standard InChI is InChI=1S/C15H16N4O3/c1-10-3-2-4-12(7-10)19-8-13(16-17-19)15(22)18(9-14(20)21)11-5-6-11/h2-4,7-8,11H,5-6,9H2,1H3,(H,20,21). The molecule has 7 heteroatoms. The number of rotatable bonds is 5. The number of carboxylic acid groups (broad SMARTS) is 1. The van der Waals surface area contributed by atoms with Crippen molar-refractivity contribution < 1.29 is 14.7 Å². The van der Waals surface area contributed by atoms with E-state index in [1.807, 2.05) is 31.2 Å². The predicted molar refractivity (Wildman–Crippen MR) is 77.8 cm³/mol. The first-order chi connectivity index (χ1) is 10.5. The Morgan fingerprint density at radius 1 is 1.41 bits per heavy atom. The Balaban J connectivity index is 1.83. The lowest BCUT2D eigenvalue weighted by Gasteiger charge is -2.18.